The minimum absolute atomic E-state index is 0.648. The first-order valence-electron chi connectivity index (χ1n) is 9.31. The summed E-state index contributed by atoms with van der Waals surface area (Å²) < 4.78 is 0. The lowest BCUT2D eigenvalue weighted by molar-refractivity contribution is 0.313. The molecule has 1 saturated heterocycles. The second-order valence-corrected chi connectivity index (χ2v) is 7.26. The Morgan fingerprint density at radius 3 is 2.25 bits per heavy atom. The summed E-state index contributed by atoms with van der Waals surface area (Å²) in [6.07, 6.45) is 1.53. The molecule has 0 bridgehead atoms. The molecule has 1 aromatic heterocycles. The number of nitrogens with zero attached hydrogens (tertiary/aromatic N) is 4. The minimum Gasteiger partial charge on any atom is -0.369 e. The van der Waals surface area contributed by atoms with Crippen LogP contribution >= 0.6 is 11.6 Å². The molecule has 2 heterocycles. The molecule has 1 fully saturated rings. The summed E-state index contributed by atoms with van der Waals surface area (Å²) in [5.41, 5.74) is 3.05. The third kappa shape index (κ3) is 4.52. The van der Waals surface area contributed by atoms with E-state index >= 15 is 0 Å². The van der Waals surface area contributed by atoms with Gasteiger partial charge in [-0.1, -0.05) is 23.7 Å². The lowest BCUT2D eigenvalue weighted by Crippen LogP contribution is -2.44. The monoisotopic (exact) mass is 394 g/mol. The number of aromatic nitrogens is 2. The lowest BCUT2D eigenvalue weighted by atomic mass is 10.2. The maximum absolute atomic E-state index is 6.20. The van der Waals surface area contributed by atoms with Crippen molar-refractivity contribution in [2.45, 2.75) is 0 Å². The van der Waals surface area contributed by atoms with Crippen molar-refractivity contribution in [2.75, 3.05) is 48.8 Å². The van der Waals surface area contributed by atoms with E-state index in [0.29, 0.717) is 10.8 Å². The number of hydrogen-bond acceptors (Lipinski definition) is 6. The van der Waals surface area contributed by atoms with Crippen molar-refractivity contribution in [3.63, 3.8) is 0 Å². The van der Waals surface area contributed by atoms with Gasteiger partial charge in [0, 0.05) is 43.6 Å². The number of likely N-dealkylation sites (N-methyl/N-ethyl adjacent to an activating group) is 1. The number of para-hydroxylation sites is 1. The highest BCUT2D eigenvalue weighted by atomic mass is 35.5. The van der Waals surface area contributed by atoms with E-state index in [1.54, 1.807) is 0 Å². The number of nitrogens with one attached hydrogen (secondary N) is 2. The standard InChI is InChI=1S/C21H23ClN6/c1-27-10-12-28(13-11-27)17-8-6-16(7-9-17)25-20-14-21(24-15-23-20)26-19-5-3-2-4-18(19)22/h2-9,14-15H,10-13H2,1H3,(H2,23,24,25,26). The first-order valence-corrected chi connectivity index (χ1v) is 9.69. The number of rotatable bonds is 5. The Kier molecular flexibility index (Phi) is 5.60. The summed E-state index contributed by atoms with van der Waals surface area (Å²) >= 11 is 6.20. The Labute approximate surface area is 170 Å². The second-order valence-electron chi connectivity index (χ2n) is 6.86. The van der Waals surface area contributed by atoms with Gasteiger partial charge < -0.3 is 20.4 Å². The second kappa shape index (κ2) is 8.46. The van der Waals surface area contributed by atoms with Crippen LogP contribution in [0.25, 0.3) is 0 Å². The van der Waals surface area contributed by atoms with E-state index < -0.39 is 0 Å². The Morgan fingerprint density at radius 1 is 0.857 bits per heavy atom. The summed E-state index contributed by atoms with van der Waals surface area (Å²) in [5.74, 6) is 1.40. The quantitative estimate of drug-likeness (QED) is 0.670. The largest absolute Gasteiger partial charge is 0.369 e. The topological polar surface area (TPSA) is 56.3 Å². The van der Waals surface area contributed by atoms with Crippen molar-refractivity contribution >= 4 is 40.3 Å². The maximum Gasteiger partial charge on any atom is 0.135 e. The Hall–Kier alpha value is -2.83. The summed E-state index contributed by atoms with van der Waals surface area (Å²) in [4.78, 5) is 13.3. The highest BCUT2D eigenvalue weighted by Gasteiger charge is 2.14. The molecule has 0 unspecified atom stereocenters. The van der Waals surface area contributed by atoms with Crippen LogP contribution < -0.4 is 15.5 Å². The van der Waals surface area contributed by atoms with Crippen molar-refractivity contribution in [2.24, 2.45) is 0 Å². The summed E-state index contributed by atoms with van der Waals surface area (Å²) in [7, 11) is 2.17. The van der Waals surface area contributed by atoms with Gasteiger partial charge in [0.15, 0.2) is 0 Å². The number of benzene rings is 2. The molecule has 0 atom stereocenters. The van der Waals surface area contributed by atoms with Gasteiger partial charge in [0.2, 0.25) is 0 Å². The molecule has 1 aliphatic rings. The van der Waals surface area contributed by atoms with Gasteiger partial charge in [-0.05, 0) is 43.4 Å². The molecule has 0 amide bonds. The van der Waals surface area contributed by atoms with Crippen LogP contribution in [0.1, 0.15) is 0 Å². The zero-order chi connectivity index (χ0) is 19.3. The zero-order valence-corrected chi connectivity index (χ0v) is 16.5. The fraction of sp³-hybridized carbons (Fsp3) is 0.238. The fourth-order valence-electron chi connectivity index (χ4n) is 3.16. The van der Waals surface area contributed by atoms with Crippen LogP contribution in [0.15, 0.2) is 60.9 Å². The first kappa shape index (κ1) is 18.5. The molecule has 0 radical (unpaired) electrons. The smallest absolute Gasteiger partial charge is 0.135 e. The highest BCUT2D eigenvalue weighted by Crippen LogP contribution is 2.26. The van der Waals surface area contributed by atoms with Gasteiger partial charge in [0.25, 0.3) is 0 Å². The van der Waals surface area contributed by atoms with Crippen molar-refractivity contribution in [1.29, 1.82) is 0 Å². The molecule has 2 N–H and O–H groups in total. The molecular weight excluding hydrogens is 372 g/mol. The van der Waals surface area contributed by atoms with Crippen LogP contribution in [0.3, 0.4) is 0 Å². The average Bonchev–Trinajstić information content (AvgIpc) is 2.71. The summed E-state index contributed by atoms with van der Waals surface area (Å²) in [6, 6.07) is 17.9. The van der Waals surface area contributed by atoms with Gasteiger partial charge in [-0.15, -0.1) is 0 Å². The minimum atomic E-state index is 0.648. The van der Waals surface area contributed by atoms with Gasteiger partial charge in [-0.2, -0.15) is 0 Å². The van der Waals surface area contributed by atoms with E-state index in [-0.39, 0.29) is 0 Å². The van der Waals surface area contributed by atoms with Gasteiger partial charge in [-0.3, -0.25) is 0 Å². The molecule has 144 valence electrons. The molecule has 0 spiro atoms. The van der Waals surface area contributed by atoms with Gasteiger partial charge in [0.05, 0.1) is 10.7 Å². The van der Waals surface area contributed by atoms with Crippen LogP contribution in [-0.4, -0.2) is 48.1 Å². The van der Waals surface area contributed by atoms with Gasteiger partial charge >= 0.3 is 0 Å². The molecule has 0 saturated carbocycles. The normalized spacial score (nSPS) is 14.7. The average molecular weight is 395 g/mol. The molecular formula is C21H23ClN6. The molecule has 0 aliphatic carbocycles. The van der Waals surface area contributed by atoms with E-state index in [0.717, 1.165) is 43.4 Å². The van der Waals surface area contributed by atoms with Crippen molar-refractivity contribution in [3.05, 3.63) is 65.9 Å². The summed E-state index contributed by atoms with van der Waals surface area (Å²) in [5, 5.41) is 7.20. The highest BCUT2D eigenvalue weighted by molar-refractivity contribution is 6.33. The fourth-order valence-corrected chi connectivity index (χ4v) is 3.35. The third-order valence-corrected chi connectivity index (χ3v) is 5.14. The van der Waals surface area contributed by atoms with Crippen LogP contribution in [0.2, 0.25) is 5.02 Å². The zero-order valence-electron chi connectivity index (χ0n) is 15.8. The number of piperazine rings is 1. The molecule has 1 aliphatic heterocycles. The SMILES string of the molecule is CN1CCN(c2ccc(Nc3cc(Nc4ccccc4Cl)ncn3)cc2)CC1. The molecule has 28 heavy (non-hydrogen) atoms. The van der Waals surface area contributed by atoms with E-state index in [2.05, 4.69) is 61.7 Å². The molecule has 2 aromatic carbocycles. The van der Waals surface area contributed by atoms with Crippen LogP contribution in [-0.2, 0) is 0 Å². The molecule has 4 rings (SSSR count). The maximum atomic E-state index is 6.20. The first-order chi connectivity index (χ1) is 13.7. The van der Waals surface area contributed by atoms with Crippen LogP contribution in [0.4, 0.5) is 28.7 Å². The third-order valence-electron chi connectivity index (χ3n) is 4.81. The lowest BCUT2D eigenvalue weighted by Gasteiger charge is -2.34. The molecule has 7 heteroatoms. The number of hydrogen-bond donors (Lipinski definition) is 2. The predicted molar refractivity (Wildman–Crippen MR) is 116 cm³/mol. The van der Waals surface area contributed by atoms with Crippen LogP contribution in [0.5, 0.6) is 0 Å². The van der Waals surface area contributed by atoms with E-state index in [4.69, 9.17) is 11.6 Å². The molecule has 6 nitrogen and oxygen atoms in total. The van der Waals surface area contributed by atoms with Crippen molar-refractivity contribution in [3.8, 4) is 0 Å². The number of halogens is 1. The van der Waals surface area contributed by atoms with Crippen molar-refractivity contribution in [1.82, 2.24) is 14.9 Å². The van der Waals surface area contributed by atoms with Crippen molar-refractivity contribution < 1.29 is 0 Å². The van der Waals surface area contributed by atoms with E-state index in [1.165, 1.54) is 12.0 Å². The Bertz CT molecular complexity index is 922. The molecule has 3 aromatic rings. The predicted octanol–water partition coefficient (Wildman–Crippen LogP) is 4.37. The van der Waals surface area contributed by atoms with Gasteiger partial charge in [-0.25, -0.2) is 9.97 Å². The number of anilines is 5. The Balaban J connectivity index is 1.42. The van der Waals surface area contributed by atoms with E-state index in [1.807, 2.05) is 30.3 Å². The Morgan fingerprint density at radius 2 is 1.54 bits per heavy atom. The van der Waals surface area contributed by atoms with Gasteiger partial charge in [0.1, 0.15) is 18.0 Å². The summed E-state index contributed by atoms with van der Waals surface area (Å²) in [6.45, 7) is 4.32. The van der Waals surface area contributed by atoms with E-state index in [9.17, 15) is 0 Å². The van der Waals surface area contributed by atoms with Crippen LogP contribution in [0, 0.1) is 0 Å².